The maximum absolute atomic E-state index is 14.9. The third-order valence-corrected chi connectivity index (χ3v) is 8.72. The summed E-state index contributed by atoms with van der Waals surface area (Å²) in [5, 5.41) is 3.32. The van der Waals surface area contributed by atoms with E-state index in [0.29, 0.717) is 0 Å². The van der Waals surface area contributed by atoms with Gasteiger partial charge in [-0.05, 0) is 42.7 Å². The molecule has 1 N–H and O–H groups in total. The van der Waals surface area contributed by atoms with Crippen molar-refractivity contribution < 1.29 is 27.1 Å². The van der Waals surface area contributed by atoms with Crippen LogP contribution in [-0.2, 0) is 32.6 Å². The molecule has 1 aliphatic rings. The molecule has 0 heterocycles. The van der Waals surface area contributed by atoms with Crippen LogP contribution in [0.5, 0.6) is 5.75 Å². The van der Waals surface area contributed by atoms with E-state index in [-0.39, 0.29) is 46.9 Å². The van der Waals surface area contributed by atoms with Crippen molar-refractivity contribution in [1.82, 2.24) is 10.2 Å². The number of carbonyl (C=O) groups excluding carboxylic acids is 2. The molecule has 1 aliphatic carbocycles. The molecule has 0 aliphatic heterocycles. The predicted molar refractivity (Wildman–Crippen MR) is 161 cm³/mol. The summed E-state index contributed by atoms with van der Waals surface area (Å²) in [5.41, 5.74) is 1.07. The first-order valence-corrected chi connectivity index (χ1v) is 16.0. The van der Waals surface area contributed by atoms with Crippen molar-refractivity contribution in [3.8, 4) is 5.75 Å². The van der Waals surface area contributed by atoms with Crippen LogP contribution in [-0.4, -0.2) is 57.1 Å². The highest BCUT2D eigenvalue weighted by Crippen LogP contribution is 2.33. The van der Waals surface area contributed by atoms with Crippen LogP contribution in [0.1, 0.15) is 36.8 Å². The van der Waals surface area contributed by atoms with Gasteiger partial charge < -0.3 is 15.0 Å². The third kappa shape index (κ3) is 8.01. The predicted octanol–water partition coefficient (Wildman–Crippen LogP) is 4.95. The lowest BCUT2D eigenvalue weighted by Crippen LogP contribution is -2.54. The second kappa shape index (κ2) is 14.0. The fraction of sp³-hybridized carbons (Fsp3) is 0.355. The Hall–Kier alpha value is -3.63. The van der Waals surface area contributed by atoms with Crippen LogP contribution in [0.2, 0.25) is 5.02 Å². The van der Waals surface area contributed by atoms with Crippen LogP contribution in [0.25, 0.3) is 0 Å². The molecule has 1 saturated carbocycles. The van der Waals surface area contributed by atoms with E-state index < -0.39 is 34.3 Å². The number of nitrogens with one attached hydrogen (secondary N) is 1. The Morgan fingerprint density at radius 1 is 1.05 bits per heavy atom. The monoisotopic (exact) mass is 615 g/mol. The number of methoxy groups -OCH3 is 1. The molecule has 0 saturated heterocycles. The average Bonchev–Trinajstić information content (AvgIpc) is 3.47. The standard InChI is InChI=1S/C31H35ClFN3O5S/c1-41-29-17-16-24(32)19-27(29)36(42(2,39)40)21-30(37)35(20-23-12-6-9-15-26(23)33)28(18-22-10-4-3-5-11-22)31(38)34-25-13-7-8-14-25/h3-6,9-12,15-17,19,25,28H,7-8,13-14,18,20-21H2,1-2H3,(H,34,38). The number of anilines is 1. The second-order valence-corrected chi connectivity index (χ2v) is 12.7. The van der Waals surface area contributed by atoms with Crippen molar-refractivity contribution in [1.29, 1.82) is 0 Å². The highest BCUT2D eigenvalue weighted by Gasteiger charge is 2.35. The topological polar surface area (TPSA) is 96.0 Å². The number of hydrogen-bond acceptors (Lipinski definition) is 5. The van der Waals surface area contributed by atoms with Crippen molar-refractivity contribution in [2.45, 2.75) is 50.7 Å². The quantitative estimate of drug-likeness (QED) is 0.311. The summed E-state index contributed by atoms with van der Waals surface area (Å²) < 4.78 is 47.2. The zero-order valence-electron chi connectivity index (χ0n) is 23.6. The Bertz CT molecular complexity index is 1500. The van der Waals surface area contributed by atoms with Crippen molar-refractivity contribution in [2.24, 2.45) is 0 Å². The second-order valence-electron chi connectivity index (χ2n) is 10.4. The summed E-state index contributed by atoms with van der Waals surface area (Å²) in [4.78, 5) is 29.3. The number of amides is 2. The van der Waals surface area contributed by atoms with Gasteiger partial charge in [0.1, 0.15) is 24.2 Å². The minimum atomic E-state index is -4.03. The molecular weight excluding hydrogens is 581 g/mol. The molecule has 224 valence electrons. The minimum Gasteiger partial charge on any atom is -0.495 e. The summed E-state index contributed by atoms with van der Waals surface area (Å²) in [6.07, 6.45) is 4.78. The Kier molecular flexibility index (Phi) is 10.5. The first kappa shape index (κ1) is 31.3. The van der Waals surface area contributed by atoms with Crippen molar-refractivity contribution in [3.05, 3.63) is 94.8 Å². The molecule has 42 heavy (non-hydrogen) atoms. The Balaban J connectivity index is 1.76. The average molecular weight is 616 g/mol. The molecule has 11 heteroatoms. The van der Waals surface area contributed by atoms with Gasteiger partial charge in [0.2, 0.25) is 21.8 Å². The van der Waals surface area contributed by atoms with Gasteiger partial charge in [0.15, 0.2) is 0 Å². The molecule has 1 atom stereocenters. The smallest absolute Gasteiger partial charge is 0.244 e. The lowest BCUT2D eigenvalue weighted by Gasteiger charge is -2.34. The van der Waals surface area contributed by atoms with Crippen LogP contribution in [0.3, 0.4) is 0 Å². The fourth-order valence-corrected chi connectivity index (χ4v) is 6.20. The highest BCUT2D eigenvalue weighted by atomic mass is 35.5. The zero-order valence-corrected chi connectivity index (χ0v) is 25.2. The minimum absolute atomic E-state index is 0.0237. The van der Waals surface area contributed by atoms with Crippen LogP contribution in [0.4, 0.5) is 10.1 Å². The number of ether oxygens (including phenoxy) is 1. The van der Waals surface area contributed by atoms with E-state index in [1.165, 1.54) is 36.3 Å². The number of rotatable bonds is 12. The van der Waals surface area contributed by atoms with Crippen molar-refractivity contribution in [3.63, 3.8) is 0 Å². The molecule has 0 spiro atoms. The van der Waals surface area contributed by atoms with Gasteiger partial charge in [0, 0.05) is 29.6 Å². The SMILES string of the molecule is COc1ccc(Cl)cc1N(CC(=O)N(Cc1ccccc1F)C(Cc1ccccc1)C(=O)NC1CCCC1)S(C)(=O)=O. The largest absolute Gasteiger partial charge is 0.495 e. The maximum atomic E-state index is 14.9. The van der Waals surface area contributed by atoms with Gasteiger partial charge in [0.25, 0.3) is 0 Å². The zero-order chi connectivity index (χ0) is 30.3. The van der Waals surface area contributed by atoms with Gasteiger partial charge in [-0.25, -0.2) is 12.8 Å². The molecule has 2 amide bonds. The van der Waals surface area contributed by atoms with Crippen molar-refractivity contribution >= 4 is 39.1 Å². The molecule has 1 fully saturated rings. The van der Waals surface area contributed by atoms with Crippen LogP contribution >= 0.6 is 11.6 Å². The summed E-state index contributed by atoms with van der Waals surface area (Å²) in [6.45, 7) is -0.905. The van der Waals surface area contributed by atoms with Gasteiger partial charge in [-0.2, -0.15) is 0 Å². The molecule has 0 aromatic heterocycles. The van der Waals surface area contributed by atoms with E-state index in [9.17, 15) is 22.4 Å². The van der Waals surface area contributed by atoms with Gasteiger partial charge in [-0.15, -0.1) is 0 Å². The van der Waals surface area contributed by atoms with Crippen molar-refractivity contribution in [2.75, 3.05) is 24.2 Å². The number of nitrogens with zero attached hydrogens (tertiary/aromatic N) is 2. The van der Waals surface area contributed by atoms with E-state index in [2.05, 4.69) is 5.32 Å². The van der Waals surface area contributed by atoms with Crippen LogP contribution in [0.15, 0.2) is 72.8 Å². The fourth-order valence-electron chi connectivity index (χ4n) is 5.18. The van der Waals surface area contributed by atoms with E-state index in [1.807, 2.05) is 30.3 Å². The highest BCUT2D eigenvalue weighted by molar-refractivity contribution is 7.92. The molecule has 8 nitrogen and oxygen atoms in total. The lowest BCUT2D eigenvalue weighted by atomic mass is 10.0. The van der Waals surface area contributed by atoms with Crippen LogP contribution in [0, 0.1) is 5.82 Å². The Morgan fingerprint density at radius 2 is 1.71 bits per heavy atom. The lowest BCUT2D eigenvalue weighted by molar-refractivity contribution is -0.140. The molecule has 3 aromatic carbocycles. The van der Waals surface area contributed by atoms with Gasteiger partial charge in [0.05, 0.1) is 19.1 Å². The number of hydrogen-bond donors (Lipinski definition) is 1. The number of sulfonamides is 1. The summed E-state index contributed by atoms with van der Waals surface area (Å²) in [5.74, 6) is -1.41. The number of carbonyl (C=O) groups is 2. The molecule has 0 radical (unpaired) electrons. The molecular formula is C31H35ClFN3O5S. The van der Waals surface area contributed by atoms with E-state index in [1.54, 1.807) is 18.2 Å². The van der Waals surface area contributed by atoms with Gasteiger partial charge in [-0.1, -0.05) is 73.0 Å². The Morgan fingerprint density at radius 3 is 2.36 bits per heavy atom. The van der Waals surface area contributed by atoms with E-state index >= 15 is 0 Å². The molecule has 3 aromatic rings. The summed E-state index contributed by atoms with van der Waals surface area (Å²) in [6, 6.07) is 18.6. The first-order valence-electron chi connectivity index (χ1n) is 13.7. The van der Waals surface area contributed by atoms with Crippen LogP contribution < -0.4 is 14.4 Å². The molecule has 4 rings (SSSR count). The maximum Gasteiger partial charge on any atom is 0.244 e. The van der Waals surface area contributed by atoms with Gasteiger partial charge in [-0.3, -0.25) is 13.9 Å². The Labute approximate surface area is 251 Å². The van der Waals surface area contributed by atoms with E-state index in [0.717, 1.165) is 41.8 Å². The molecule has 1 unspecified atom stereocenters. The number of halogens is 2. The number of benzene rings is 3. The van der Waals surface area contributed by atoms with Gasteiger partial charge >= 0.3 is 0 Å². The van der Waals surface area contributed by atoms with E-state index in [4.69, 9.17) is 16.3 Å². The first-order chi connectivity index (χ1) is 20.1. The summed E-state index contributed by atoms with van der Waals surface area (Å²) >= 11 is 6.19. The summed E-state index contributed by atoms with van der Waals surface area (Å²) in [7, 11) is -2.65. The molecule has 0 bridgehead atoms. The third-order valence-electron chi connectivity index (χ3n) is 7.36. The normalized spacial score (nSPS) is 14.3.